The van der Waals surface area contributed by atoms with E-state index in [-0.39, 0.29) is 67.8 Å². The molecule has 614 valence electrons. The molecule has 0 saturated heterocycles. The minimum Gasteiger partial charge on any atom is -0.0648 e. The minimum absolute atomic E-state index is 0.00185. The Bertz CT molecular complexity index is 4840. The van der Waals surface area contributed by atoms with Crippen molar-refractivity contribution in [3.05, 3.63) is 295 Å². The highest BCUT2D eigenvalue weighted by Gasteiger charge is 2.31. The second kappa shape index (κ2) is 42.0. The Balaban J connectivity index is 0.000000399. The van der Waals surface area contributed by atoms with Crippen LogP contribution in [0, 0.1) is 6.92 Å². The number of hydrogen-bond donors (Lipinski definition) is 0. The quantitative estimate of drug-likeness (QED) is 0.121. The van der Waals surface area contributed by atoms with Gasteiger partial charge in [0.05, 0.1) is 5.48 Å². The first-order valence-corrected chi connectivity index (χ1v) is 41.3. The first-order chi connectivity index (χ1) is 58.4. The summed E-state index contributed by atoms with van der Waals surface area (Å²) in [5.74, 6) is -3.53. The van der Waals surface area contributed by atoms with Crippen LogP contribution in [0.5, 0.6) is 0 Å². The predicted molar refractivity (Wildman–Crippen MR) is 508 cm³/mol. The van der Waals surface area contributed by atoms with Crippen molar-refractivity contribution in [3.63, 3.8) is 0 Å². The van der Waals surface area contributed by atoms with Crippen LogP contribution in [0.2, 0.25) is 0 Å². The Hall–Kier alpha value is -7.02. The van der Waals surface area contributed by atoms with Crippen molar-refractivity contribution in [2.45, 2.75) is 381 Å². The van der Waals surface area contributed by atoms with E-state index in [1.54, 1.807) is 49.9 Å². The summed E-state index contributed by atoms with van der Waals surface area (Å²) in [4.78, 5) is 0. The van der Waals surface area contributed by atoms with E-state index < -0.39 is 55.6 Å². The highest BCUT2D eigenvalue weighted by molar-refractivity contribution is 5.80. The average Bonchev–Trinajstić information content (AvgIpc) is 0.702. The van der Waals surface area contributed by atoms with Gasteiger partial charge in [0.25, 0.3) is 0 Å². The van der Waals surface area contributed by atoms with Gasteiger partial charge in [0.2, 0.25) is 0 Å². The van der Waals surface area contributed by atoms with Crippen LogP contribution in [-0.4, -0.2) is 0 Å². The molecule has 1 unspecified atom stereocenters. The molecule has 0 aliphatic heterocycles. The van der Waals surface area contributed by atoms with E-state index in [0.29, 0.717) is 46.1 Å². The lowest BCUT2D eigenvalue weighted by molar-refractivity contribution is 0.521. The monoisotopic (exact) mass is 1530 g/mol. The average molecular weight is 1530 g/mol. The van der Waals surface area contributed by atoms with Crippen LogP contribution >= 0.6 is 0 Å². The summed E-state index contributed by atoms with van der Waals surface area (Å²) in [6.45, 7) is 71.2. The molecule has 0 nitrogen and oxygen atoms in total. The summed E-state index contributed by atoms with van der Waals surface area (Å²) >= 11 is 0. The van der Waals surface area contributed by atoms with Crippen molar-refractivity contribution in [2.24, 2.45) is 0 Å². The standard InChI is InChI=1S/C22H22.C19H32.2C17H28.C16H26.C11H16.C10H14/c1-22(2,3)21-19(17-11-6-4-7-12-17)15-10-16-20(21)18-13-8-5-9-14-18;1-12(2)15-10-16(13(3)4)18(19(7,8)9)17(11-15)14(5)6;1-12(2)13-10-9-11-14(16(3,4)5)15(13)17(6,7)8;1-8-13(4)15-11-9-10-14(12(2)3)16(15)17(5,6)7;1-11(2)13-9-8-10-14(12(3)4)15(13)16(5,6)7;1-9-6-5-7-10(8-9)11(2,3)4;1-10(2,3)9-7-5-4-6-8-9/h4-16H,1-3H3;10-14H,1-9H3;9-12H,1-8H3;9-13H,8H2,1-7H3;8-12H,1-7H3;5-8H,1-4H3;4-8H,1-3H3/i;;12D;2D3,3D3,4D3,8D2,12D,13D;;5D,6D,7D,8D;. The van der Waals surface area contributed by atoms with Gasteiger partial charge in [-0.2, -0.15) is 0 Å². The Labute approximate surface area is 718 Å². The van der Waals surface area contributed by atoms with Crippen molar-refractivity contribution in [1.82, 2.24) is 0 Å². The molecule has 112 heavy (non-hydrogen) atoms. The van der Waals surface area contributed by atoms with Crippen LogP contribution in [0.3, 0.4) is 0 Å². The van der Waals surface area contributed by atoms with E-state index in [9.17, 15) is 0 Å². The topological polar surface area (TPSA) is 0 Å². The summed E-state index contributed by atoms with van der Waals surface area (Å²) < 4.78 is 143. The third-order valence-corrected chi connectivity index (χ3v) is 19.9. The normalized spacial score (nSPS) is 15.8. The van der Waals surface area contributed by atoms with E-state index in [4.69, 9.17) is 24.7 Å². The highest BCUT2D eigenvalue weighted by atomic mass is 14.4. The van der Waals surface area contributed by atoms with Crippen molar-refractivity contribution in [2.75, 3.05) is 0 Å². The lowest BCUT2D eigenvalue weighted by Crippen LogP contribution is -2.24. The van der Waals surface area contributed by atoms with Crippen molar-refractivity contribution in [3.8, 4) is 22.3 Å². The summed E-state index contributed by atoms with van der Waals surface area (Å²) in [6, 6.07) is 60.3. The van der Waals surface area contributed by atoms with Crippen LogP contribution in [0.25, 0.3) is 22.3 Å². The maximum absolute atomic E-state index is 8.72. The number of benzene rings is 9. The predicted octanol–water partition coefficient (Wildman–Crippen LogP) is 35.2. The first-order valence-electron chi connectivity index (χ1n) is 50.3. The third kappa shape index (κ3) is 30.0. The van der Waals surface area contributed by atoms with Crippen LogP contribution in [0.4, 0.5) is 0 Å². The lowest BCUT2D eigenvalue weighted by atomic mass is 9.71. The van der Waals surface area contributed by atoms with Crippen molar-refractivity contribution >= 4 is 0 Å². The maximum Gasteiger partial charge on any atom is 0.0629 e. The van der Waals surface area contributed by atoms with Gasteiger partial charge in [-0.1, -0.05) is 482 Å². The fraction of sp³-hybridized carbons (Fsp3) is 0.518. The molecule has 0 radical (unpaired) electrons. The van der Waals surface area contributed by atoms with Crippen LogP contribution in [-0.2, 0) is 43.3 Å². The molecular weight excluding hydrogens is 1350 g/mol. The van der Waals surface area contributed by atoms with E-state index in [1.165, 1.54) is 73.3 Å². The lowest BCUT2D eigenvalue weighted by Gasteiger charge is -2.33. The van der Waals surface area contributed by atoms with Crippen LogP contribution < -0.4 is 0 Å². The molecule has 0 aromatic heterocycles. The molecule has 0 heterocycles. The molecule has 0 amide bonds. The summed E-state index contributed by atoms with van der Waals surface area (Å²) in [6.07, 6.45) is -2.61. The zero-order valence-electron chi connectivity index (χ0n) is 95.6. The molecule has 0 aliphatic rings. The molecule has 0 N–H and O–H groups in total. The van der Waals surface area contributed by atoms with E-state index in [1.807, 2.05) is 34.6 Å². The fourth-order valence-electron chi connectivity index (χ4n) is 14.4. The van der Waals surface area contributed by atoms with Gasteiger partial charge in [0.1, 0.15) is 0 Å². The molecular formula is C112H166. The summed E-state index contributed by atoms with van der Waals surface area (Å²) in [7, 11) is 0. The minimum atomic E-state index is -3.31. The van der Waals surface area contributed by atoms with Gasteiger partial charge in [0, 0.05) is 19.2 Å². The van der Waals surface area contributed by atoms with Gasteiger partial charge in [0.15, 0.2) is 0 Å². The van der Waals surface area contributed by atoms with E-state index >= 15 is 0 Å². The first kappa shape index (κ1) is 72.7. The molecule has 9 aromatic rings. The SMILES string of the molecule is CC(C)(C)c1c(-c2ccccc2)cccc1-c1ccccc1.CC(C)(C)c1ccccc1.CC(C)c1cc(C(C)C)c(C(C)(C)C)c(C(C)C)c1.CC(C)c1cccc(C(C)C)c1C(C)(C)C.[2H]C(C)(C)c1cccc(C(C)(C)C)c1C(C)(C)C.[2H]C([2H])([2H])C([2H])(c1cccc(C([2H])(C([2H])([2H])[2H])C([2H])([2H])C)c1C(C)(C)C)C([2H])([2H])[2H].[2H]c1c([2H])c(C)c([2H])c(C(C)(C)C)c1[2H]. The fourth-order valence-corrected chi connectivity index (χ4v) is 14.4. The molecule has 0 bridgehead atoms. The Morgan fingerprint density at radius 3 is 0.973 bits per heavy atom. The summed E-state index contributed by atoms with van der Waals surface area (Å²) in [5.41, 5.74) is 22.3. The molecule has 9 aromatic carbocycles. The van der Waals surface area contributed by atoms with Gasteiger partial charge in [-0.25, -0.2) is 0 Å². The van der Waals surface area contributed by atoms with Crippen LogP contribution in [0.1, 0.15) is 450 Å². The Morgan fingerprint density at radius 1 is 0.312 bits per heavy atom. The summed E-state index contributed by atoms with van der Waals surface area (Å²) in [5, 5.41) is 0. The van der Waals surface area contributed by atoms with E-state index in [2.05, 4.69) is 352 Å². The largest absolute Gasteiger partial charge is 0.0648 e. The Kier molecular flexibility index (Phi) is 27.3. The molecule has 0 aliphatic carbocycles. The molecule has 0 saturated carbocycles. The zero-order chi connectivity index (χ0) is 101. The van der Waals surface area contributed by atoms with Gasteiger partial charge < -0.3 is 0 Å². The molecule has 0 heteroatoms. The van der Waals surface area contributed by atoms with Gasteiger partial charge in [-0.3, -0.25) is 0 Å². The van der Waals surface area contributed by atoms with Crippen LogP contribution in [0.15, 0.2) is 200 Å². The number of rotatable bonds is 11. The van der Waals surface area contributed by atoms with Gasteiger partial charge >= 0.3 is 0 Å². The smallest absolute Gasteiger partial charge is 0.0629 e. The van der Waals surface area contributed by atoms with Crippen molar-refractivity contribution < 1.29 is 24.7 Å². The van der Waals surface area contributed by atoms with E-state index in [0.717, 1.165) is 18.6 Å². The molecule has 0 fully saturated rings. The second-order valence-electron chi connectivity index (χ2n) is 40.4. The van der Waals surface area contributed by atoms with Crippen molar-refractivity contribution in [1.29, 1.82) is 0 Å². The number of hydrogen-bond acceptors (Lipinski definition) is 0. The maximum atomic E-state index is 8.72. The zero-order valence-corrected chi connectivity index (χ0v) is 77.6. The molecule has 0 spiro atoms. The third-order valence-electron chi connectivity index (χ3n) is 19.9. The Morgan fingerprint density at radius 2 is 0.652 bits per heavy atom. The van der Waals surface area contributed by atoms with Gasteiger partial charge in [-0.05, 0) is 215 Å². The molecule has 1 atom stereocenters. The second-order valence-corrected chi connectivity index (χ2v) is 40.4. The van der Waals surface area contributed by atoms with Gasteiger partial charge in [-0.15, -0.1) is 0 Å². The molecule has 9 rings (SSSR count). The highest BCUT2D eigenvalue weighted by Crippen LogP contribution is 2.44.